The van der Waals surface area contributed by atoms with E-state index in [-0.39, 0.29) is 12.4 Å². The molecule has 0 saturated heterocycles. The zero-order valence-electron chi connectivity index (χ0n) is 7.66. The van der Waals surface area contributed by atoms with Crippen LogP contribution in [0.4, 0.5) is 4.39 Å². The van der Waals surface area contributed by atoms with Crippen LogP contribution in [-0.2, 0) is 5.54 Å². The van der Waals surface area contributed by atoms with Gasteiger partial charge in [-0.25, -0.2) is 4.39 Å². The molecule has 0 saturated carbocycles. The van der Waals surface area contributed by atoms with Crippen LogP contribution in [0.2, 0.25) is 0 Å². The summed E-state index contributed by atoms with van der Waals surface area (Å²) >= 11 is 1.47. The van der Waals surface area contributed by atoms with Gasteiger partial charge in [-0.1, -0.05) is 12.1 Å². The average Bonchev–Trinajstić information content (AvgIpc) is 2.20. The minimum absolute atomic E-state index is 0.135. The molecule has 0 aromatic heterocycles. The Kier molecular flexibility index (Phi) is 2.51. The molecule has 0 bridgehead atoms. The lowest BCUT2D eigenvalue weighted by Gasteiger charge is -2.33. The first-order valence-electron chi connectivity index (χ1n) is 4.49. The van der Waals surface area contributed by atoms with Crippen molar-refractivity contribution in [1.29, 1.82) is 0 Å². The van der Waals surface area contributed by atoms with Crippen LogP contribution in [0.3, 0.4) is 0 Å². The normalized spacial score (nSPS) is 25.9. The number of hydrogen-bond donors (Lipinski definition) is 2. The highest BCUT2D eigenvalue weighted by atomic mass is 32.2. The van der Waals surface area contributed by atoms with E-state index in [9.17, 15) is 9.50 Å². The second kappa shape index (κ2) is 3.53. The molecule has 0 fully saturated rings. The molecular formula is C10H12FNOS. The third-order valence-electron chi connectivity index (χ3n) is 2.58. The highest BCUT2D eigenvalue weighted by Gasteiger charge is 2.33. The van der Waals surface area contributed by atoms with Crippen molar-refractivity contribution in [3.05, 3.63) is 29.6 Å². The largest absolute Gasteiger partial charge is 0.394 e. The van der Waals surface area contributed by atoms with Crippen molar-refractivity contribution >= 4 is 11.8 Å². The van der Waals surface area contributed by atoms with Crippen molar-refractivity contribution < 1.29 is 9.50 Å². The zero-order valence-corrected chi connectivity index (χ0v) is 8.48. The first-order chi connectivity index (χ1) is 6.67. The molecule has 2 rings (SSSR count). The van der Waals surface area contributed by atoms with Gasteiger partial charge in [0.2, 0.25) is 0 Å². The third kappa shape index (κ3) is 1.43. The number of fused-ring (bicyclic) bond motifs is 1. The molecule has 1 aliphatic rings. The summed E-state index contributed by atoms with van der Waals surface area (Å²) in [5.41, 5.74) is 5.98. The minimum Gasteiger partial charge on any atom is -0.394 e. The molecule has 1 aromatic carbocycles. The number of rotatable bonds is 1. The van der Waals surface area contributed by atoms with E-state index in [2.05, 4.69) is 0 Å². The van der Waals surface area contributed by atoms with Crippen LogP contribution in [0.1, 0.15) is 12.0 Å². The van der Waals surface area contributed by atoms with Gasteiger partial charge < -0.3 is 10.8 Å². The summed E-state index contributed by atoms with van der Waals surface area (Å²) < 4.78 is 13.4. The van der Waals surface area contributed by atoms with Gasteiger partial charge in [0.15, 0.2) is 0 Å². The Hall–Kier alpha value is -0.580. The van der Waals surface area contributed by atoms with Gasteiger partial charge in [-0.2, -0.15) is 0 Å². The summed E-state index contributed by atoms with van der Waals surface area (Å²) in [5, 5.41) is 9.23. The number of aliphatic hydroxyl groups is 1. The van der Waals surface area contributed by atoms with E-state index in [0.717, 1.165) is 11.3 Å². The van der Waals surface area contributed by atoms with Crippen LogP contribution in [-0.4, -0.2) is 17.5 Å². The molecule has 76 valence electrons. The second-order valence-corrected chi connectivity index (χ2v) is 4.63. The second-order valence-electron chi connectivity index (χ2n) is 3.53. The van der Waals surface area contributed by atoms with Crippen molar-refractivity contribution in [2.75, 3.05) is 12.4 Å². The lowest BCUT2D eigenvalue weighted by atomic mass is 9.88. The Morgan fingerprint density at radius 1 is 1.57 bits per heavy atom. The Balaban J connectivity index is 2.55. The predicted octanol–water partition coefficient (Wildman–Crippen LogP) is 1.47. The first-order valence-corrected chi connectivity index (χ1v) is 5.47. The molecule has 1 atom stereocenters. The van der Waals surface area contributed by atoms with Crippen LogP contribution in [0.25, 0.3) is 0 Å². The van der Waals surface area contributed by atoms with Crippen molar-refractivity contribution in [2.24, 2.45) is 5.73 Å². The molecule has 2 nitrogen and oxygen atoms in total. The van der Waals surface area contributed by atoms with Crippen molar-refractivity contribution in [1.82, 2.24) is 0 Å². The average molecular weight is 213 g/mol. The fourth-order valence-corrected chi connectivity index (χ4v) is 2.98. The SMILES string of the molecule is NC1(CO)CCSc2c(F)cccc21. The number of halogens is 1. The van der Waals surface area contributed by atoms with Crippen molar-refractivity contribution in [3.63, 3.8) is 0 Å². The van der Waals surface area contributed by atoms with Gasteiger partial charge in [-0.15, -0.1) is 11.8 Å². The number of benzene rings is 1. The number of thioether (sulfide) groups is 1. The zero-order chi connectivity index (χ0) is 10.2. The molecule has 3 N–H and O–H groups in total. The smallest absolute Gasteiger partial charge is 0.137 e. The van der Waals surface area contributed by atoms with Gasteiger partial charge in [0, 0.05) is 10.6 Å². The van der Waals surface area contributed by atoms with E-state index >= 15 is 0 Å². The Labute approximate surface area is 86.3 Å². The van der Waals surface area contributed by atoms with E-state index < -0.39 is 5.54 Å². The van der Waals surface area contributed by atoms with E-state index in [1.165, 1.54) is 17.8 Å². The maximum atomic E-state index is 13.4. The third-order valence-corrected chi connectivity index (χ3v) is 3.69. The fraction of sp³-hybridized carbons (Fsp3) is 0.400. The molecule has 1 unspecified atom stereocenters. The van der Waals surface area contributed by atoms with Gasteiger partial charge in [0.1, 0.15) is 5.82 Å². The van der Waals surface area contributed by atoms with Crippen molar-refractivity contribution in [2.45, 2.75) is 16.9 Å². The number of hydrogen-bond acceptors (Lipinski definition) is 3. The van der Waals surface area contributed by atoms with E-state index in [0.29, 0.717) is 11.3 Å². The van der Waals surface area contributed by atoms with Crippen LogP contribution in [0.15, 0.2) is 23.1 Å². The monoisotopic (exact) mass is 213 g/mol. The maximum absolute atomic E-state index is 13.4. The lowest BCUT2D eigenvalue weighted by Crippen LogP contribution is -2.43. The van der Waals surface area contributed by atoms with Gasteiger partial charge in [0.25, 0.3) is 0 Å². The molecule has 1 heterocycles. The fourth-order valence-electron chi connectivity index (χ4n) is 1.68. The minimum atomic E-state index is -0.761. The Bertz CT molecular complexity index is 358. The van der Waals surface area contributed by atoms with Crippen molar-refractivity contribution in [3.8, 4) is 0 Å². The maximum Gasteiger partial charge on any atom is 0.137 e. The summed E-state index contributed by atoms with van der Waals surface area (Å²) in [6, 6.07) is 4.85. The highest BCUT2D eigenvalue weighted by Crippen LogP contribution is 2.39. The highest BCUT2D eigenvalue weighted by molar-refractivity contribution is 7.99. The standard InChI is InChI=1S/C10H12FNOS/c11-8-3-1-2-7-9(8)14-5-4-10(7,12)6-13/h1-3,13H,4-6,12H2. The van der Waals surface area contributed by atoms with Gasteiger partial charge in [-0.05, 0) is 18.1 Å². The van der Waals surface area contributed by atoms with Crippen LogP contribution < -0.4 is 5.73 Å². The van der Waals surface area contributed by atoms with Gasteiger partial charge in [-0.3, -0.25) is 0 Å². The Morgan fingerprint density at radius 3 is 3.07 bits per heavy atom. The summed E-state index contributed by atoms with van der Waals surface area (Å²) in [7, 11) is 0. The molecule has 0 aliphatic carbocycles. The van der Waals surface area contributed by atoms with Gasteiger partial charge in [0.05, 0.1) is 12.1 Å². The molecule has 0 radical (unpaired) electrons. The first kappa shape index (κ1) is 9.96. The molecule has 1 aliphatic heterocycles. The molecule has 4 heteroatoms. The predicted molar refractivity (Wildman–Crippen MR) is 54.7 cm³/mol. The number of aliphatic hydroxyl groups excluding tert-OH is 1. The summed E-state index contributed by atoms with van der Waals surface area (Å²) in [6.07, 6.45) is 0.685. The lowest BCUT2D eigenvalue weighted by molar-refractivity contribution is 0.189. The molecular weight excluding hydrogens is 201 g/mol. The summed E-state index contributed by atoms with van der Waals surface area (Å²) in [5.74, 6) is 0.515. The van der Waals surface area contributed by atoms with E-state index in [1.807, 2.05) is 0 Å². The quantitative estimate of drug-likeness (QED) is 0.742. The molecule has 0 amide bonds. The van der Waals surface area contributed by atoms with Crippen LogP contribution in [0.5, 0.6) is 0 Å². The molecule has 0 spiro atoms. The summed E-state index contributed by atoms with van der Waals surface area (Å²) in [6.45, 7) is -0.135. The topological polar surface area (TPSA) is 46.2 Å². The van der Waals surface area contributed by atoms with Crippen LogP contribution in [0, 0.1) is 5.82 Å². The molecule has 1 aromatic rings. The Morgan fingerprint density at radius 2 is 2.36 bits per heavy atom. The van der Waals surface area contributed by atoms with E-state index in [4.69, 9.17) is 5.73 Å². The number of nitrogens with two attached hydrogens (primary N) is 1. The van der Waals surface area contributed by atoms with Gasteiger partial charge >= 0.3 is 0 Å². The molecule has 14 heavy (non-hydrogen) atoms. The summed E-state index contributed by atoms with van der Waals surface area (Å²) in [4.78, 5) is 0.593. The van der Waals surface area contributed by atoms with E-state index in [1.54, 1.807) is 12.1 Å². The van der Waals surface area contributed by atoms with Crippen LogP contribution >= 0.6 is 11.8 Å².